The van der Waals surface area contributed by atoms with Crippen LogP contribution in [0.5, 0.6) is 5.75 Å². The van der Waals surface area contributed by atoms with Gasteiger partial charge in [0.2, 0.25) is 0 Å². The highest BCUT2D eigenvalue weighted by Crippen LogP contribution is 2.23. The molecule has 0 aromatic heterocycles. The van der Waals surface area contributed by atoms with E-state index in [2.05, 4.69) is 4.29 Å². The topological polar surface area (TPSA) is 46.5 Å². The highest BCUT2D eigenvalue weighted by atomic mass is 35.5. The van der Waals surface area contributed by atoms with E-state index in [9.17, 15) is 4.79 Å². The lowest BCUT2D eigenvalue weighted by Gasteiger charge is -2.00. The fourth-order valence-electron chi connectivity index (χ4n) is 0.737. The fraction of sp³-hybridized carbons (Fsp3) is 0. The fourth-order valence-corrected chi connectivity index (χ4v) is 1.04. The van der Waals surface area contributed by atoms with Crippen LogP contribution in [0.4, 0.5) is 0 Å². The van der Waals surface area contributed by atoms with Crippen molar-refractivity contribution < 1.29 is 14.2 Å². The number of hydrogen-bond donors (Lipinski definition) is 1. The Morgan fingerprint density at radius 1 is 1.50 bits per heavy atom. The summed E-state index contributed by atoms with van der Waals surface area (Å²) in [5.74, 6) is -1.05. The highest BCUT2D eigenvalue weighted by Gasteiger charge is 2.11. The van der Waals surface area contributed by atoms with Gasteiger partial charge in [0, 0.05) is 5.02 Å². The lowest BCUT2D eigenvalue weighted by molar-refractivity contribution is 0.0695. The average Bonchev–Trinajstić information content (AvgIpc) is 2.04. The molecule has 0 aliphatic heterocycles. The normalized spacial score (nSPS) is 9.50. The van der Waals surface area contributed by atoms with Crippen molar-refractivity contribution in [3.05, 3.63) is 28.8 Å². The molecule has 0 aliphatic rings. The Morgan fingerprint density at radius 2 is 2.17 bits per heavy atom. The van der Waals surface area contributed by atoms with E-state index in [1.54, 1.807) is 0 Å². The summed E-state index contributed by atoms with van der Waals surface area (Å²) in [6.07, 6.45) is 0. The van der Waals surface area contributed by atoms with Crippen molar-refractivity contribution in [2.45, 2.75) is 0 Å². The highest BCUT2D eigenvalue weighted by molar-refractivity contribution is 6.31. The molecule has 0 spiro atoms. The van der Waals surface area contributed by atoms with Gasteiger partial charge >= 0.3 is 5.97 Å². The van der Waals surface area contributed by atoms with E-state index >= 15 is 0 Å². The Hall–Kier alpha value is -0.930. The predicted molar refractivity (Wildman–Crippen MR) is 44.9 cm³/mol. The Balaban J connectivity index is 3.21. The Labute approximate surface area is 78.6 Å². The van der Waals surface area contributed by atoms with Gasteiger partial charge in [-0.25, -0.2) is 4.79 Å². The van der Waals surface area contributed by atoms with E-state index in [4.69, 9.17) is 28.6 Å². The van der Waals surface area contributed by atoms with Crippen LogP contribution in [0.3, 0.4) is 0 Å². The molecule has 0 fully saturated rings. The van der Waals surface area contributed by atoms with Gasteiger partial charge in [0.25, 0.3) is 0 Å². The first-order valence-corrected chi connectivity index (χ1v) is 3.65. The summed E-state index contributed by atoms with van der Waals surface area (Å²) in [7, 11) is 0. The van der Waals surface area contributed by atoms with Gasteiger partial charge in [-0.3, -0.25) is 0 Å². The summed E-state index contributed by atoms with van der Waals surface area (Å²) in [6, 6.07) is 4.14. The van der Waals surface area contributed by atoms with Crippen LogP contribution in [0.2, 0.25) is 5.02 Å². The molecule has 1 aromatic rings. The smallest absolute Gasteiger partial charge is 0.339 e. The largest absolute Gasteiger partial charge is 0.478 e. The van der Waals surface area contributed by atoms with Crippen molar-refractivity contribution >= 4 is 29.4 Å². The van der Waals surface area contributed by atoms with Gasteiger partial charge in [-0.05, 0) is 18.2 Å². The molecule has 5 heteroatoms. The molecule has 12 heavy (non-hydrogen) atoms. The molecule has 1 aromatic carbocycles. The maximum absolute atomic E-state index is 10.5. The van der Waals surface area contributed by atoms with Crippen LogP contribution in [0.25, 0.3) is 0 Å². The number of aromatic carboxylic acids is 1. The molecule has 1 rings (SSSR count). The monoisotopic (exact) mass is 206 g/mol. The summed E-state index contributed by atoms with van der Waals surface area (Å²) < 4.78 is 4.29. The minimum atomic E-state index is -1.13. The molecule has 3 nitrogen and oxygen atoms in total. The zero-order valence-corrected chi connectivity index (χ0v) is 7.26. The molecular weight excluding hydrogens is 203 g/mol. The molecule has 0 radical (unpaired) electrons. The van der Waals surface area contributed by atoms with Crippen LogP contribution in [0.1, 0.15) is 10.4 Å². The molecule has 0 unspecified atom stereocenters. The molecule has 0 heterocycles. The molecule has 64 valence electrons. The van der Waals surface area contributed by atoms with Gasteiger partial charge in [0.05, 0.1) is 0 Å². The number of halogens is 2. The van der Waals surface area contributed by atoms with E-state index in [0.717, 1.165) is 0 Å². The minimum Gasteiger partial charge on any atom is -0.478 e. The number of carbonyl (C=O) groups is 1. The number of carboxylic acids is 1. The van der Waals surface area contributed by atoms with Crippen LogP contribution < -0.4 is 4.29 Å². The van der Waals surface area contributed by atoms with E-state index in [0.29, 0.717) is 5.02 Å². The third-order valence-corrected chi connectivity index (χ3v) is 1.66. The molecule has 0 saturated carbocycles. The number of rotatable bonds is 2. The molecule has 0 amide bonds. The molecule has 0 atom stereocenters. The maximum atomic E-state index is 10.5. The van der Waals surface area contributed by atoms with Crippen LogP contribution in [0.15, 0.2) is 18.2 Å². The average molecular weight is 207 g/mol. The first-order chi connectivity index (χ1) is 5.65. The Morgan fingerprint density at radius 3 is 2.67 bits per heavy atom. The molecule has 1 N–H and O–H groups in total. The maximum Gasteiger partial charge on any atom is 0.339 e. The predicted octanol–water partition coefficient (Wildman–Crippen LogP) is 2.57. The second-order valence-corrected chi connectivity index (χ2v) is 2.61. The molecular formula is C7H4Cl2O3. The third kappa shape index (κ3) is 1.81. The van der Waals surface area contributed by atoms with E-state index < -0.39 is 5.97 Å². The molecule has 0 saturated heterocycles. The summed E-state index contributed by atoms with van der Waals surface area (Å²) in [4.78, 5) is 10.5. The Kier molecular flexibility index (Phi) is 2.78. The lowest BCUT2D eigenvalue weighted by atomic mass is 10.2. The standard InChI is InChI=1S/C7H4Cl2O3/c8-4-1-2-6(12-9)5(3-4)7(10)11/h1-3H,(H,10,11). The van der Waals surface area contributed by atoms with Gasteiger partial charge < -0.3 is 9.40 Å². The van der Waals surface area contributed by atoms with Gasteiger partial charge in [0.1, 0.15) is 17.4 Å². The van der Waals surface area contributed by atoms with Crippen LogP contribution in [-0.4, -0.2) is 11.1 Å². The second-order valence-electron chi connectivity index (χ2n) is 2.02. The quantitative estimate of drug-likeness (QED) is 0.810. The minimum absolute atomic E-state index is 0.0579. The van der Waals surface area contributed by atoms with Crippen LogP contribution >= 0.6 is 23.5 Å². The van der Waals surface area contributed by atoms with E-state index in [-0.39, 0.29) is 11.3 Å². The summed E-state index contributed by atoms with van der Waals surface area (Å²) in [5.41, 5.74) is -0.0579. The second kappa shape index (κ2) is 3.65. The lowest BCUT2D eigenvalue weighted by Crippen LogP contribution is -1.98. The SMILES string of the molecule is O=C(O)c1cc(Cl)ccc1OCl. The number of benzene rings is 1. The van der Waals surface area contributed by atoms with Crippen LogP contribution in [0, 0.1) is 0 Å². The van der Waals surface area contributed by atoms with Crippen molar-refractivity contribution in [2.75, 3.05) is 0 Å². The number of carboxylic acid groups (broad SMARTS) is 1. The first-order valence-electron chi connectivity index (χ1n) is 2.96. The summed E-state index contributed by atoms with van der Waals surface area (Å²) in [5, 5.41) is 8.95. The van der Waals surface area contributed by atoms with E-state index in [1.807, 2.05) is 0 Å². The van der Waals surface area contributed by atoms with Gasteiger partial charge in [-0.15, -0.1) is 0 Å². The van der Waals surface area contributed by atoms with E-state index in [1.165, 1.54) is 18.2 Å². The summed E-state index contributed by atoms with van der Waals surface area (Å²) >= 11 is 10.6. The summed E-state index contributed by atoms with van der Waals surface area (Å²) in [6.45, 7) is 0. The zero-order chi connectivity index (χ0) is 9.14. The third-order valence-electron chi connectivity index (χ3n) is 1.26. The van der Waals surface area contributed by atoms with Crippen molar-refractivity contribution in [3.8, 4) is 5.75 Å². The zero-order valence-electron chi connectivity index (χ0n) is 5.75. The van der Waals surface area contributed by atoms with Gasteiger partial charge in [-0.2, -0.15) is 0 Å². The first kappa shape index (κ1) is 9.16. The molecule has 0 bridgehead atoms. The van der Waals surface area contributed by atoms with Gasteiger partial charge in [-0.1, -0.05) is 11.6 Å². The van der Waals surface area contributed by atoms with Crippen molar-refractivity contribution in [1.82, 2.24) is 0 Å². The molecule has 0 aliphatic carbocycles. The van der Waals surface area contributed by atoms with Crippen molar-refractivity contribution in [2.24, 2.45) is 0 Å². The Bertz CT molecular complexity index is 312. The van der Waals surface area contributed by atoms with Crippen LogP contribution in [-0.2, 0) is 0 Å². The number of hydrogen-bond acceptors (Lipinski definition) is 2. The van der Waals surface area contributed by atoms with Crippen molar-refractivity contribution in [3.63, 3.8) is 0 Å². The van der Waals surface area contributed by atoms with Crippen molar-refractivity contribution in [1.29, 1.82) is 0 Å². The van der Waals surface area contributed by atoms with Gasteiger partial charge in [0.15, 0.2) is 5.75 Å².